The molecule has 1 amide bonds. The minimum atomic E-state index is -0.325. The molecule has 0 unspecified atom stereocenters. The monoisotopic (exact) mass is 388 g/mol. The van der Waals surface area contributed by atoms with Crippen molar-refractivity contribution in [3.05, 3.63) is 82.4 Å². The number of amides is 1. The lowest BCUT2D eigenvalue weighted by Crippen LogP contribution is -2.31. The number of aryl methyl sites for hydroxylation is 2. The van der Waals surface area contributed by atoms with Crippen LogP contribution < -0.4 is 10.9 Å². The molecule has 0 saturated carbocycles. The first-order valence-electron chi connectivity index (χ1n) is 9.23. The first-order chi connectivity index (χ1) is 14.0. The minimum Gasteiger partial charge on any atom is -0.349 e. The molecule has 0 fully saturated rings. The molecule has 0 spiro atoms. The van der Waals surface area contributed by atoms with Gasteiger partial charge >= 0.3 is 0 Å². The van der Waals surface area contributed by atoms with Gasteiger partial charge in [-0.1, -0.05) is 23.8 Å². The SMILES string of the molecule is Cc1ccc(-c2cc3c(=O)n(CCNC(=O)c4cnccn4)ccn3n2)c(C)c1. The van der Waals surface area contributed by atoms with Crippen molar-refractivity contribution in [3.63, 3.8) is 0 Å². The van der Waals surface area contributed by atoms with Crippen LogP contribution in [-0.4, -0.2) is 36.6 Å². The van der Waals surface area contributed by atoms with Gasteiger partial charge in [0.15, 0.2) is 0 Å². The Hall–Kier alpha value is -3.81. The van der Waals surface area contributed by atoms with E-state index in [1.165, 1.54) is 24.2 Å². The molecule has 4 rings (SSSR count). The lowest BCUT2D eigenvalue weighted by Gasteiger charge is -2.07. The van der Waals surface area contributed by atoms with Crippen LogP contribution in [0.3, 0.4) is 0 Å². The largest absolute Gasteiger partial charge is 0.349 e. The van der Waals surface area contributed by atoms with Crippen molar-refractivity contribution in [2.45, 2.75) is 20.4 Å². The van der Waals surface area contributed by atoms with Crippen LogP contribution in [-0.2, 0) is 6.54 Å². The molecule has 4 aromatic rings. The highest BCUT2D eigenvalue weighted by Gasteiger charge is 2.11. The van der Waals surface area contributed by atoms with Crippen LogP contribution in [0, 0.1) is 13.8 Å². The Labute approximate surface area is 166 Å². The van der Waals surface area contributed by atoms with Crippen LogP contribution in [0.15, 0.2) is 60.0 Å². The zero-order valence-electron chi connectivity index (χ0n) is 16.2. The summed E-state index contributed by atoms with van der Waals surface area (Å²) in [4.78, 5) is 32.7. The van der Waals surface area contributed by atoms with Crippen LogP contribution in [0.4, 0.5) is 0 Å². The first-order valence-corrected chi connectivity index (χ1v) is 9.23. The molecule has 29 heavy (non-hydrogen) atoms. The van der Waals surface area contributed by atoms with E-state index in [4.69, 9.17) is 0 Å². The van der Waals surface area contributed by atoms with Crippen LogP contribution in [0.2, 0.25) is 0 Å². The third kappa shape index (κ3) is 3.77. The molecular weight excluding hydrogens is 368 g/mol. The molecule has 1 aromatic carbocycles. The summed E-state index contributed by atoms with van der Waals surface area (Å²) in [6.45, 7) is 4.71. The number of carbonyl (C=O) groups is 1. The number of hydrogen-bond donors (Lipinski definition) is 1. The molecule has 146 valence electrons. The Morgan fingerprint density at radius 1 is 1.14 bits per heavy atom. The molecule has 0 atom stereocenters. The van der Waals surface area contributed by atoms with Gasteiger partial charge < -0.3 is 9.88 Å². The van der Waals surface area contributed by atoms with Gasteiger partial charge in [0.05, 0.1) is 11.9 Å². The van der Waals surface area contributed by atoms with Crippen molar-refractivity contribution in [1.29, 1.82) is 0 Å². The second kappa shape index (κ2) is 7.67. The van der Waals surface area contributed by atoms with Gasteiger partial charge in [0, 0.05) is 43.4 Å². The van der Waals surface area contributed by atoms with Crippen molar-refractivity contribution in [1.82, 2.24) is 29.5 Å². The third-order valence-corrected chi connectivity index (χ3v) is 4.70. The number of benzene rings is 1. The highest BCUT2D eigenvalue weighted by Crippen LogP contribution is 2.23. The van der Waals surface area contributed by atoms with Crippen molar-refractivity contribution < 1.29 is 4.79 Å². The van der Waals surface area contributed by atoms with Crippen LogP contribution in [0.1, 0.15) is 21.6 Å². The van der Waals surface area contributed by atoms with Crippen molar-refractivity contribution in [2.75, 3.05) is 6.54 Å². The van der Waals surface area contributed by atoms with Gasteiger partial charge in [0.2, 0.25) is 0 Å². The number of nitrogens with one attached hydrogen (secondary N) is 1. The third-order valence-electron chi connectivity index (χ3n) is 4.70. The van der Waals surface area contributed by atoms with E-state index in [1.54, 1.807) is 27.5 Å². The van der Waals surface area contributed by atoms with E-state index in [9.17, 15) is 9.59 Å². The van der Waals surface area contributed by atoms with Crippen molar-refractivity contribution in [2.24, 2.45) is 0 Å². The number of carbonyl (C=O) groups excluding carboxylic acids is 1. The fourth-order valence-corrected chi connectivity index (χ4v) is 3.23. The molecule has 3 aromatic heterocycles. The summed E-state index contributed by atoms with van der Waals surface area (Å²) in [7, 11) is 0. The fourth-order valence-electron chi connectivity index (χ4n) is 3.23. The highest BCUT2D eigenvalue weighted by molar-refractivity contribution is 5.91. The maximum absolute atomic E-state index is 12.8. The number of nitrogens with zero attached hydrogens (tertiary/aromatic N) is 5. The Morgan fingerprint density at radius 3 is 2.76 bits per heavy atom. The normalized spacial score (nSPS) is 11.0. The smallest absolute Gasteiger partial charge is 0.276 e. The Bertz CT molecular complexity index is 1240. The van der Waals surface area contributed by atoms with Crippen LogP contribution in [0.25, 0.3) is 16.8 Å². The van der Waals surface area contributed by atoms with E-state index >= 15 is 0 Å². The van der Waals surface area contributed by atoms with Crippen molar-refractivity contribution in [3.8, 4) is 11.3 Å². The molecule has 0 bridgehead atoms. The maximum Gasteiger partial charge on any atom is 0.276 e. The average Bonchev–Trinajstić information content (AvgIpc) is 3.15. The second-order valence-electron chi connectivity index (χ2n) is 6.82. The molecular formula is C21H20N6O2. The van der Waals surface area contributed by atoms with Gasteiger partial charge in [-0.25, -0.2) is 9.50 Å². The summed E-state index contributed by atoms with van der Waals surface area (Å²) < 4.78 is 3.14. The zero-order valence-corrected chi connectivity index (χ0v) is 16.2. The molecule has 3 heterocycles. The fraction of sp³-hybridized carbons (Fsp3) is 0.190. The first kappa shape index (κ1) is 18.5. The summed E-state index contributed by atoms with van der Waals surface area (Å²) in [6.07, 6.45) is 7.77. The number of aromatic nitrogens is 5. The van der Waals surface area contributed by atoms with Gasteiger partial charge in [0.1, 0.15) is 11.2 Å². The van der Waals surface area contributed by atoms with Gasteiger partial charge in [-0.2, -0.15) is 5.10 Å². The van der Waals surface area contributed by atoms with Crippen LogP contribution >= 0.6 is 0 Å². The Morgan fingerprint density at radius 2 is 2.00 bits per heavy atom. The van der Waals surface area contributed by atoms with Gasteiger partial charge in [-0.05, 0) is 25.5 Å². The second-order valence-corrected chi connectivity index (χ2v) is 6.82. The van der Waals surface area contributed by atoms with E-state index in [1.807, 2.05) is 26.0 Å². The van der Waals surface area contributed by atoms with Gasteiger partial charge in [0.25, 0.3) is 11.5 Å². The predicted octanol–water partition coefficient (Wildman–Crippen LogP) is 2.00. The highest BCUT2D eigenvalue weighted by atomic mass is 16.2. The molecule has 0 aliphatic rings. The predicted molar refractivity (Wildman–Crippen MR) is 109 cm³/mol. The lowest BCUT2D eigenvalue weighted by atomic mass is 10.0. The van der Waals surface area contributed by atoms with E-state index in [-0.39, 0.29) is 17.2 Å². The summed E-state index contributed by atoms with van der Waals surface area (Å²) in [5.74, 6) is -0.325. The summed E-state index contributed by atoms with van der Waals surface area (Å²) in [5, 5.41) is 7.28. The number of hydrogen-bond acceptors (Lipinski definition) is 5. The van der Waals surface area contributed by atoms with E-state index in [0.717, 1.165) is 16.8 Å². The molecule has 1 N–H and O–H groups in total. The maximum atomic E-state index is 12.8. The van der Waals surface area contributed by atoms with Crippen LogP contribution in [0.5, 0.6) is 0 Å². The van der Waals surface area contributed by atoms with Gasteiger partial charge in [-0.3, -0.25) is 14.6 Å². The standard InChI is InChI=1S/C21H20N6O2/c1-14-3-4-16(15(2)11-14)17-12-19-21(29)26(9-10-27(19)25-17)8-7-24-20(28)18-13-22-5-6-23-18/h3-6,9-13H,7-8H2,1-2H3,(H,24,28). The zero-order chi connectivity index (χ0) is 20.4. The Kier molecular flexibility index (Phi) is 4.90. The quantitative estimate of drug-likeness (QED) is 0.564. The molecule has 0 aliphatic heterocycles. The molecule has 8 heteroatoms. The topological polar surface area (TPSA) is 94.2 Å². The summed E-state index contributed by atoms with van der Waals surface area (Å²) >= 11 is 0. The van der Waals surface area contributed by atoms with E-state index in [0.29, 0.717) is 18.6 Å². The number of rotatable bonds is 5. The molecule has 0 radical (unpaired) electrons. The minimum absolute atomic E-state index is 0.162. The number of fused-ring (bicyclic) bond motifs is 1. The van der Waals surface area contributed by atoms with E-state index < -0.39 is 0 Å². The molecule has 8 nitrogen and oxygen atoms in total. The summed E-state index contributed by atoms with van der Waals surface area (Å²) in [6, 6.07) is 7.95. The lowest BCUT2D eigenvalue weighted by molar-refractivity contribution is 0.0947. The molecule has 0 aliphatic carbocycles. The average molecular weight is 388 g/mol. The Balaban J connectivity index is 1.53. The van der Waals surface area contributed by atoms with Crippen molar-refractivity contribution >= 4 is 11.4 Å². The molecule has 0 saturated heterocycles. The van der Waals surface area contributed by atoms with Gasteiger partial charge in [-0.15, -0.1) is 0 Å². The van der Waals surface area contributed by atoms with E-state index in [2.05, 4.69) is 26.4 Å². The summed E-state index contributed by atoms with van der Waals surface area (Å²) in [5.41, 5.74) is 4.62.